The Kier molecular flexibility index (Phi) is 4.10. The van der Waals surface area contributed by atoms with Crippen LogP contribution in [0, 0.1) is 13.8 Å². The van der Waals surface area contributed by atoms with E-state index in [4.69, 9.17) is 4.74 Å². The van der Waals surface area contributed by atoms with Crippen LogP contribution in [-0.2, 0) is 7.05 Å². The molecule has 19 heavy (non-hydrogen) atoms. The average molecular weight is 322 g/mol. The van der Waals surface area contributed by atoms with Gasteiger partial charge in [-0.2, -0.15) is 0 Å². The summed E-state index contributed by atoms with van der Waals surface area (Å²) in [7, 11) is 1.95. The van der Waals surface area contributed by atoms with Gasteiger partial charge in [0, 0.05) is 24.0 Å². The van der Waals surface area contributed by atoms with Crippen LogP contribution in [0.4, 0.5) is 0 Å². The minimum atomic E-state index is -0.00282. The van der Waals surface area contributed by atoms with Crippen LogP contribution in [-0.4, -0.2) is 17.0 Å². The maximum Gasteiger partial charge on any atom is 0.202 e. The van der Waals surface area contributed by atoms with Crippen LogP contribution < -0.4 is 4.74 Å². The Morgan fingerprint density at radius 2 is 2.00 bits per heavy atom. The van der Waals surface area contributed by atoms with Crippen molar-refractivity contribution in [1.29, 1.82) is 0 Å². The van der Waals surface area contributed by atoms with Gasteiger partial charge in [0.2, 0.25) is 5.78 Å². The number of nitrogens with zero attached hydrogens (tertiary/aromatic N) is 1. The molecule has 3 nitrogen and oxygen atoms in total. The number of hydrogen-bond acceptors (Lipinski definition) is 2. The van der Waals surface area contributed by atoms with E-state index in [9.17, 15) is 4.79 Å². The van der Waals surface area contributed by atoms with Crippen LogP contribution in [0.2, 0.25) is 0 Å². The van der Waals surface area contributed by atoms with Crippen LogP contribution in [0.25, 0.3) is 0 Å². The Labute approximate surface area is 121 Å². The predicted octanol–water partition coefficient (Wildman–Crippen LogP) is 3.67. The van der Waals surface area contributed by atoms with Gasteiger partial charge in [-0.3, -0.25) is 4.79 Å². The standard InChI is InChI=1S/C15H16BrNO2/c1-10-8-12(11(2)17(10)3)14(18)9-19-15-7-5-4-6-13(15)16/h4-8H,9H2,1-3H3. The number of aromatic nitrogens is 1. The van der Waals surface area contributed by atoms with E-state index >= 15 is 0 Å². The van der Waals surface area contributed by atoms with Gasteiger partial charge in [-0.05, 0) is 48.0 Å². The molecule has 2 aromatic rings. The molecule has 0 amide bonds. The molecular weight excluding hydrogens is 306 g/mol. The molecule has 0 fully saturated rings. The van der Waals surface area contributed by atoms with Crippen molar-refractivity contribution in [3.63, 3.8) is 0 Å². The van der Waals surface area contributed by atoms with Gasteiger partial charge in [-0.25, -0.2) is 0 Å². The van der Waals surface area contributed by atoms with Crippen molar-refractivity contribution >= 4 is 21.7 Å². The lowest BCUT2D eigenvalue weighted by molar-refractivity contribution is 0.0920. The lowest BCUT2D eigenvalue weighted by Gasteiger charge is -2.07. The van der Waals surface area contributed by atoms with Gasteiger partial charge < -0.3 is 9.30 Å². The lowest BCUT2D eigenvalue weighted by atomic mass is 10.1. The number of carbonyl (C=O) groups is 1. The lowest BCUT2D eigenvalue weighted by Crippen LogP contribution is -2.12. The fraction of sp³-hybridized carbons (Fsp3) is 0.267. The first kappa shape index (κ1) is 13.9. The molecule has 1 heterocycles. The highest BCUT2D eigenvalue weighted by atomic mass is 79.9. The molecule has 0 N–H and O–H groups in total. The third kappa shape index (κ3) is 2.89. The summed E-state index contributed by atoms with van der Waals surface area (Å²) >= 11 is 3.39. The molecule has 0 saturated carbocycles. The van der Waals surface area contributed by atoms with Crippen LogP contribution in [0.3, 0.4) is 0 Å². The molecule has 2 rings (SSSR count). The molecule has 0 aliphatic carbocycles. The summed E-state index contributed by atoms with van der Waals surface area (Å²) in [6, 6.07) is 9.41. The first-order chi connectivity index (χ1) is 9.00. The number of rotatable bonds is 4. The number of para-hydroxylation sites is 1. The minimum absolute atomic E-state index is 0.00282. The maximum absolute atomic E-state index is 12.2. The fourth-order valence-electron chi connectivity index (χ4n) is 1.92. The highest BCUT2D eigenvalue weighted by Crippen LogP contribution is 2.24. The van der Waals surface area contributed by atoms with Crippen molar-refractivity contribution in [2.24, 2.45) is 7.05 Å². The molecule has 100 valence electrons. The monoisotopic (exact) mass is 321 g/mol. The Morgan fingerprint density at radius 3 is 2.58 bits per heavy atom. The topological polar surface area (TPSA) is 31.2 Å². The Bertz CT molecular complexity index is 617. The first-order valence-corrected chi connectivity index (χ1v) is 6.83. The number of Topliss-reactive ketones (excluding diaryl/α,β-unsaturated/α-hetero) is 1. The van der Waals surface area contributed by atoms with Gasteiger partial charge in [-0.1, -0.05) is 12.1 Å². The largest absolute Gasteiger partial charge is 0.484 e. The van der Waals surface area contributed by atoms with Gasteiger partial charge in [-0.15, -0.1) is 0 Å². The van der Waals surface area contributed by atoms with Gasteiger partial charge in [0.15, 0.2) is 6.61 Å². The van der Waals surface area contributed by atoms with E-state index in [-0.39, 0.29) is 12.4 Å². The highest BCUT2D eigenvalue weighted by molar-refractivity contribution is 9.10. The summed E-state index contributed by atoms with van der Waals surface area (Å²) in [5, 5.41) is 0. The van der Waals surface area contributed by atoms with Crippen LogP contribution >= 0.6 is 15.9 Å². The number of hydrogen-bond donors (Lipinski definition) is 0. The number of aryl methyl sites for hydroxylation is 1. The minimum Gasteiger partial charge on any atom is -0.484 e. The molecule has 0 unspecified atom stereocenters. The zero-order valence-electron chi connectivity index (χ0n) is 11.2. The van der Waals surface area contributed by atoms with Crippen molar-refractivity contribution in [2.45, 2.75) is 13.8 Å². The molecule has 0 radical (unpaired) electrons. The Hall–Kier alpha value is -1.55. The van der Waals surface area contributed by atoms with Gasteiger partial charge >= 0.3 is 0 Å². The van der Waals surface area contributed by atoms with Gasteiger partial charge in [0.1, 0.15) is 5.75 Å². The zero-order chi connectivity index (χ0) is 14.0. The van der Waals surface area contributed by atoms with Crippen LogP contribution in [0.1, 0.15) is 21.7 Å². The zero-order valence-corrected chi connectivity index (χ0v) is 12.8. The molecular formula is C15H16BrNO2. The molecule has 0 spiro atoms. The highest BCUT2D eigenvalue weighted by Gasteiger charge is 2.14. The van der Waals surface area contributed by atoms with E-state index in [1.165, 1.54) is 0 Å². The molecule has 1 aromatic carbocycles. The third-order valence-electron chi connectivity index (χ3n) is 3.27. The SMILES string of the molecule is Cc1cc(C(=O)COc2ccccc2Br)c(C)n1C. The molecule has 0 bridgehead atoms. The van der Waals surface area contributed by atoms with Gasteiger partial charge in [0.25, 0.3) is 0 Å². The summed E-state index contributed by atoms with van der Waals surface area (Å²) in [4.78, 5) is 12.2. The predicted molar refractivity (Wildman–Crippen MR) is 78.9 cm³/mol. The quantitative estimate of drug-likeness (QED) is 0.804. The second kappa shape index (κ2) is 5.61. The number of halogens is 1. The summed E-state index contributed by atoms with van der Waals surface area (Å²) < 4.78 is 8.41. The number of ether oxygens (including phenoxy) is 1. The van der Waals surface area contributed by atoms with Crippen molar-refractivity contribution in [3.8, 4) is 5.75 Å². The van der Waals surface area contributed by atoms with Crippen LogP contribution in [0.15, 0.2) is 34.8 Å². The van der Waals surface area contributed by atoms with Gasteiger partial charge in [0.05, 0.1) is 4.47 Å². The van der Waals surface area contributed by atoms with Crippen molar-refractivity contribution in [1.82, 2.24) is 4.57 Å². The number of ketones is 1. The second-order valence-corrected chi connectivity index (χ2v) is 5.34. The average Bonchev–Trinajstić information content (AvgIpc) is 2.65. The van der Waals surface area contributed by atoms with Crippen molar-refractivity contribution in [2.75, 3.05) is 6.61 Å². The molecule has 1 aromatic heterocycles. The third-order valence-corrected chi connectivity index (χ3v) is 3.93. The van der Waals surface area contributed by atoms with Crippen molar-refractivity contribution < 1.29 is 9.53 Å². The second-order valence-electron chi connectivity index (χ2n) is 4.49. The Balaban J connectivity index is 2.10. The summed E-state index contributed by atoms with van der Waals surface area (Å²) in [6.45, 7) is 3.98. The number of carbonyl (C=O) groups excluding carboxylic acids is 1. The van der Waals surface area contributed by atoms with Crippen molar-refractivity contribution in [3.05, 3.63) is 51.8 Å². The summed E-state index contributed by atoms with van der Waals surface area (Å²) in [5.74, 6) is 0.679. The smallest absolute Gasteiger partial charge is 0.202 e. The fourth-order valence-corrected chi connectivity index (χ4v) is 2.32. The van der Waals surface area contributed by atoms with E-state index in [0.29, 0.717) is 5.75 Å². The molecule has 0 aliphatic rings. The normalized spacial score (nSPS) is 10.5. The van der Waals surface area contributed by atoms with E-state index in [2.05, 4.69) is 15.9 Å². The first-order valence-electron chi connectivity index (χ1n) is 6.04. The maximum atomic E-state index is 12.2. The van der Waals surface area contributed by atoms with E-state index < -0.39 is 0 Å². The van der Waals surface area contributed by atoms with E-state index in [1.54, 1.807) is 0 Å². The van der Waals surface area contributed by atoms with Crippen LogP contribution in [0.5, 0.6) is 5.75 Å². The summed E-state index contributed by atoms with van der Waals surface area (Å²) in [5.41, 5.74) is 2.77. The molecule has 0 saturated heterocycles. The summed E-state index contributed by atoms with van der Waals surface area (Å²) in [6.07, 6.45) is 0. The van der Waals surface area contributed by atoms with E-state index in [0.717, 1.165) is 21.4 Å². The molecule has 0 aliphatic heterocycles. The Morgan fingerprint density at radius 1 is 1.32 bits per heavy atom. The molecule has 0 atom stereocenters. The number of benzene rings is 1. The van der Waals surface area contributed by atoms with E-state index in [1.807, 2.05) is 55.8 Å². The molecule has 4 heteroatoms.